The molecule has 3 rings (SSSR count). The molecule has 2 aromatic rings. The van der Waals surface area contributed by atoms with E-state index in [0.717, 1.165) is 29.5 Å². The normalized spacial score (nSPS) is 16.9. The number of hydrogen-bond acceptors (Lipinski definition) is 5. The second-order valence-electron chi connectivity index (χ2n) is 4.26. The molecule has 90 valence electrons. The molecule has 0 spiro atoms. The number of aliphatic hydroxyl groups excluding tert-OH is 1. The Morgan fingerprint density at radius 1 is 1.53 bits per heavy atom. The Labute approximate surface area is 108 Å². The average Bonchev–Trinajstić information content (AvgIpc) is 2.97. The molecule has 0 amide bonds. The van der Waals surface area contributed by atoms with E-state index in [2.05, 4.69) is 21.3 Å². The quantitative estimate of drug-likeness (QED) is 0.908. The highest BCUT2D eigenvalue weighted by molar-refractivity contribution is 7.15. The fourth-order valence-electron chi connectivity index (χ4n) is 2.03. The van der Waals surface area contributed by atoms with Crippen molar-refractivity contribution in [3.63, 3.8) is 0 Å². The zero-order valence-electron chi connectivity index (χ0n) is 9.59. The summed E-state index contributed by atoms with van der Waals surface area (Å²) in [5.41, 5.74) is 1.43. The molecule has 1 N–H and O–H groups in total. The number of thiophene rings is 1. The molecule has 0 aliphatic carbocycles. The molecule has 17 heavy (non-hydrogen) atoms. The minimum Gasteiger partial charge on any atom is -0.388 e. The van der Waals surface area contributed by atoms with Crippen molar-refractivity contribution in [2.24, 2.45) is 0 Å². The summed E-state index contributed by atoms with van der Waals surface area (Å²) in [6.07, 6.45) is 2.48. The van der Waals surface area contributed by atoms with Gasteiger partial charge in [-0.2, -0.15) is 0 Å². The van der Waals surface area contributed by atoms with E-state index in [0.29, 0.717) is 0 Å². The van der Waals surface area contributed by atoms with Crippen LogP contribution in [0.5, 0.6) is 0 Å². The molecule has 0 bridgehead atoms. The molecular weight excluding hydrogens is 252 g/mol. The van der Waals surface area contributed by atoms with E-state index in [1.165, 1.54) is 10.4 Å². The maximum atomic E-state index is 9.51. The van der Waals surface area contributed by atoms with Crippen LogP contribution in [0, 0.1) is 0 Å². The predicted octanol–water partition coefficient (Wildman–Crippen LogP) is 2.82. The van der Waals surface area contributed by atoms with Crippen molar-refractivity contribution < 1.29 is 5.11 Å². The summed E-state index contributed by atoms with van der Waals surface area (Å²) in [5.74, 6) is 0. The van der Waals surface area contributed by atoms with Crippen LogP contribution in [0.15, 0.2) is 17.6 Å². The summed E-state index contributed by atoms with van der Waals surface area (Å²) >= 11 is 3.44. The van der Waals surface area contributed by atoms with Gasteiger partial charge < -0.3 is 10.0 Å². The summed E-state index contributed by atoms with van der Waals surface area (Å²) < 4.78 is 0. The van der Waals surface area contributed by atoms with Crippen molar-refractivity contribution in [2.75, 3.05) is 11.4 Å². The van der Waals surface area contributed by atoms with Gasteiger partial charge in [0.2, 0.25) is 0 Å². The molecule has 0 aromatic carbocycles. The van der Waals surface area contributed by atoms with Gasteiger partial charge in [-0.15, -0.1) is 11.3 Å². The summed E-state index contributed by atoms with van der Waals surface area (Å²) in [7, 11) is 0. The summed E-state index contributed by atoms with van der Waals surface area (Å²) in [6.45, 7) is 3.76. The lowest BCUT2D eigenvalue weighted by Gasteiger charge is -2.26. The molecule has 0 saturated heterocycles. The van der Waals surface area contributed by atoms with Crippen LogP contribution in [-0.4, -0.2) is 16.6 Å². The first-order valence-corrected chi connectivity index (χ1v) is 7.37. The Hall–Kier alpha value is -0.910. The number of rotatable bonds is 2. The first kappa shape index (κ1) is 11.2. The maximum Gasteiger partial charge on any atom is 0.185 e. The third-order valence-corrected chi connectivity index (χ3v) is 5.25. The monoisotopic (exact) mass is 266 g/mol. The molecule has 2 aromatic heterocycles. The van der Waals surface area contributed by atoms with Gasteiger partial charge in [0.1, 0.15) is 0 Å². The SMILES string of the molecule is CC(O)c1cnc(N2CCc3sccc3C2)s1. The van der Waals surface area contributed by atoms with Crippen LogP contribution in [0.4, 0.5) is 5.13 Å². The number of aliphatic hydroxyl groups is 1. The Kier molecular flexibility index (Phi) is 2.90. The smallest absolute Gasteiger partial charge is 0.185 e. The fraction of sp³-hybridized carbons (Fsp3) is 0.417. The molecule has 0 saturated carbocycles. The second-order valence-corrected chi connectivity index (χ2v) is 6.30. The van der Waals surface area contributed by atoms with E-state index < -0.39 is 6.10 Å². The van der Waals surface area contributed by atoms with Crippen molar-refractivity contribution in [3.8, 4) is 0 Å². The van der Waals surface area contributed by atoms with Crippen molar-refractivity contribution in [1.29, 1.82) is 0 Å². The molecule has 3 heterocycles. The van der Waals surface area contributed by atoms with Gasteiger partial charge in [-0.3, -0.25) is 0 Å². The summed E-state index contributed by atoms with van der Waals surface area (Å²) in [6, 6.07) is 2.20. The third-order valence-electron chi connectivity index (χ3n) is 3.00. The van der Waals surface area contributed by atoms with Crippen LogP contribution in [0.3, 0.4) is 0 Å². The molecule has 1 aliphatic heterocycles. The third kappa shape index (κ3) is 2.10. The van der Waals surface area contributed by atoms with Crippen LogP contribution in [0.25, 0.3) is 0 Å². The van der Waals surface area contributed by atoms with E-state index in [1.54, 1.807) is 24.5 Å². The van der Waals surface area contributed by atoms with Crippen molar-refractivity contribution >= 4 is 27.8 Å². The molecule has 3 nitrogen and oxygen atoms in total. The predicted molar refractivity (Wildman–Crippen MR) is 71.8 cm³/mol. The maximum absolute atomic E-state index is 9.51. The van der Waals surface area contributed by atoms with Crippen molar-refractivity contribution in [2.45, 2.75) is 26.0 Å². The zero-order chi connectivity index (χ0) is 11.8. The van der Waals surface area contributed by atoms with Crippen LogP contribution in [0.1, 0.15) is 28.3 Å². The van der Waals surface area contributed by atoms with E-state index in [-0.39, 0.29) is 0 Å². The number of fused-ring (bicyclic) bond motifs is 1. The van der Waals surface area contributed by atoms with Gasteiger partial charge in [0, 0.05) is 24.2 Å². The van der Waals surface area contributed by atoms with E-state index in [9.17, 15) is 5.11 Å². The first-order valence-electron chi connectivity index (χ1n) is 5.68. The number of hydrogen-bond donors (Lipinski definition) is 1. The molecule has 0 fully saturated rings. The molecule has 1 aliphatic rings. The van der Waals surface area contributed by atoms with Gasteiger partial charge in [-0.05, 0) is 30.4 Å². The van der Waals surface area contributed by atoms with Crippen molar-refractivity contribution in [3.05, 3.63) is 33.0 Å². The van der Waals surface area contributed by atoms with E-state index in [4.69, 9.17) is 0 Å². The summed E-state index contributed by atoms with van der Waals surface area (Å²) in [4.78, 5) is 9.15. The van der Waals surface area contributed by atoms with Gasteiger partial charge in [0.15, 0.2) is 5.13 Å². The largest absolute Gasteiger partial charge is 0.388 e. The fourth-order valence-corrected chi connectivity index (χ4v) is 3.79. The van der Waals surface area contributed by atoms with Crippen LogP contribution in [-0.2, 0) is 13.0 Å². The van der Waals surface area contributed by atoms with Gasteiger partial charge in [0.05, 0.1) is 11.0 Å². The lowest BCUT2D eigenvalue weighted by Crippen LogP contribution is -2.29. The first-order chi connectivity index (χ1) is 8.24. The van der Waals surface area contributed by atoms with Gasteiger partial charge in [-0.25, -0.2) is 4.98 Å². The van der Waals surface area contributed by atoms with Crippen LogP contribution < -0.4 is 4.90 Å². The van der Waals surface area contributed by atoms with Gasteiger partial charge in [0.25, 0.3) is 0 Å². The highest BCUT2D eigenvalue weighted by Crippen LogP contribution is 2.32. The number of aromatic nitrogens is 1. The highest BCUT2D eigenvalue weighted by atomic mass is 32.1. The van der Waals surface area contributed by atoms with Crippen LogP contribution >= 0.6 is 22.7 Å². The molecule has 1 atom stereocenters. The highest BCUT2D eigenvalue weighted by Gasteiger charge is 2.20. The van der Waals surface area contributed by atoms with Crippen molar-refractivity contribution in [1.82, 2.24) is 4.98 Å². The Morgan fingerprint density at radius 2 is 2.41 bits per heavy atom. The molecule has 1 unspecified atom stereocenters. The van der Waals surface area contributed by atoms with E-state index >= 15 is 0 Å². The number of thiazole rings is 1. The topological polar surface area (TPSA) is 36.4 Å². The summed E-state index contributed by atoms with van der Waals surface area (Å²) in [5, 5.41) is 12.7. The van der Waals surface area contributed by atoms with Crippen LogP contribution in [0.2, 0.25) is 0 Å². The molecular formula is C12H14N2OS2. The van der Waals surface area contributed by atoms with E-state index in [1.807, 2.05) is 11.3 Å². The number of anilines is 1. The standard InChI is InChI=1S/C12H14N2OS2/c1-8(15)11-6-13-12(17-11)14-4-2-10-9(7-14)3-5-16-10/h3,5-6,8,15H,2,4,7H2,1H3. The Morgan fingerprint density at radius 3 is 3.18 bits per heavy atom. The van der Waals surface area contributed by atoms with Gasteiger partial charge >= 0.3 is 0 Å². The minimum atomic E-state index is -0.414. The Balaban J connectivity index is 1.82. The lowest BCUT2D eigenvalue weighted by molar-refractivity contribution is 0.203. The minimum absolute atomic E-state index is 0.414. The van der Waals surface area contributed by atoms with Gasteiger partial charge in [-0.1, -0.05) is 11.3 Å². The lowest BCUT2D eigenvalue weighted by atomic mass is 10.1. The second kappa shape index (κ2) is 4.40. The average molecular weight is 266 g/mol. The Bertz CT molecular complexity index is 518. The molecule has 0 radical (unpaired) electrons. The zero-order valence-corrected chi connectivity index (χ0v) is 11.2. The molecule has 5 heteroatoms. The number of nitrogens with zero attached hydrogens (tertiary/aromatic N) is 2.